The largest absolute Gasteiger partial charge is 0.469 e. The van der Waals surface area contributed by atoms with Crippen LogP contribution in [0, 0.1) is 0 Å². The van der Waals surface area contributed by atoms with Crippen LogP contribution in [-0.2, 0) is 20.7 Å². The number of ether oxygens (including phenoxy) is 1. The molecule has 0 bridgehead atoms. The molecule has 1 aromatic rings. The number of methoxy groups -OCH3 is 1. The first-order valence-electron chi connectivity index (χ1n) is 6.32. The van der Waals surface area contributed by atoms with Crippen LogP contribution in [0.1, 0.15) is 24.6 Å². The van der Waals surface area contributed by atoms with Gasteiger partial charge >= 0.3 is 5.97 Å². The SMILES string of the molecule is CCOP(C)c1cc(/C=C/CC(=O)OC)cc(CO)n1. The maximum Gasteiger partial charge on any atom is 0.309 e. The van der Waals surface area contributed by atoms with E-state index in [0.29, 0.717) is 12.3 Å². The quantitative estimate of drug-likeness (QED) is 0.614. The topological polar surface area (TPSA) is 68.7 Å². The van der Waals surface area contributed by atoms with Crippen molar-refractivity contribution in [1.29, 1.82) is 0 Å². The highest BCUT2D eigenvalue weighted by molar-refractivity contribution is 7.59. The lowest BCUT2D eigenvalue weighted by atomic mass is 10.2. The lowest BCUT2D eigenvalue weighted by Crippen LogP contribution is -2.11. The van der Waals surface area contributed by atoms with Crippen molar-refractivity contribution in [2.45, 2.75) is 20.0 Å². The standard InChI is InChI=1S/C14H20NO4P/c1-4-19-20(3)13-9-11(8-12(10-16)15-13)6-5-7-14(17)18-2/h5-6,8-9,16H,4,7,10H2,1-3H3/b6-5+. The smallest absolute Gasteiger partial charge is 0.309 e. The predicted molar refractivity (Wildman–Crippen MR) is 79.9 cm³/mol. The summed E-state index contributed by atoms with van der Waals surface area (Å²) in [7, 11) is 0.566. The number of carbonyl (C=O) groups excluding carboxylic acids is 1. The summed E-state index contributed by atoms with van der Waals surface area (Å²) in [4.78, 5) is 15.4. The van der Waals surface area contributed by atoms with Crippen molar-refractivity contribution < 1.29 is 19.2 Å². The van der Waals surface area contributed by atoms with Gasteiger partial charge < -0.3 is 14.4 Å². The van der Waals surface area contributed by atoms with Gasteiger partial charge in [0, 0.05) is 6.61 Å². The van der Waals surface area contributed by atoms with E-state index < -0.39 is 8.15 Å². The Kier molecular flexibility index (Phi) is 7.37. The van der Waals surface area contributed by atoms with E-state index in [-0.39, 0.29) is 19.0 Å². The molecule has 0 amide bonds. The fourth-order valence-electron chi connectivity index (χ4n) is 1.57. The molecule has 0 fully saturated rings. The van der Waals surface area contributed by atoms with Crippen LogP contribution in [0.25, 0.3) is 6.08 Å². The van der Waals surface area contributed by atoms with E-state index >= 15 is 0 Å². The molecule has 20 heavy (non-hydrogen) atoms. The second-order valence-electron chi connectivity index (χ2n) is 4.01. The van der Waals surface area contributed by atoms with Crippen molar-refractivity contribution in [3.05, 3.63) is 29.5 Å². The summed E-state index contributed by atoms with van der Waals surface area (Å²) in [5.41, 5.74) is 2.30. The van der Waals surface area contributed by atoms with Crippen molar-refractivity contribution in [3.8, 4) is 0 Å². The molecule has 1 atom stereocenters. The van der Waals surface area contributed by atoms with Gasteiger partial charge in [0.25, 0.3) is 0 Å². The molecule has 1 N–H and O–H groups in total. The Morgan fingerprint density at radius 1 is 1.50 bits per heavy atom. The zero-order valence-corrected chi connectivity index (χ0v) is 12.9. The first-order valence-corrected chi connectivity index (χ1v) is 8.03. The van der Waals surface area contributed by atoms with Gasteiger partial charge in [-0.3, -0.25) is 4.79 Å². The third kappa shape index (κ3) is 5.37. The first-order chi connectivity index (χ1) is 9.60. The first kappa shape index (κ1) is 16.8. The Hall–Kier alpha value is -1.29. The van der Waals surface area contributed by atoms with Crippen molar-refractivity contribution in [3.63, 3.8) is 0 Å². The monoisotopic (exact) mass is 297 g/mol. The van der Waals surface area contributed by atoms with Gasteiger partial charge in [-0.15, -0.1) is 0 Å². The highest BCUT2D eigenvalue weighted by Gasteiger charge is 2.09. The lowest BCUT2D eigenvalue weighted by Gasteiger charge is -2.12. The summed E-state index contributed by atoms with van der Waals surface area (Å²) < 4.78 is 10.1. The van der Waals surface area contributed by atoms with Gasteiger partial charge in [0.05, 0.1) is 39.4 Å². The Bertz CT molecular complexity index is 476. The molecule has 0 spiro atoms. The summed E-state index contributed by atoms with van der Waals surface area (Å²) in [5.74, 6) is -0.287. The molecule has 0 aromatic carbocycles. The third-order valence-corrected chi connectivity index (χ3v) is 4.04. The molecule has 0 aliphatic carbocycles. The number of hydrogen-bond acceptors (Lipinski definition) is 5. The molecule has 1 aromatic heterocycles. The number of pyridine rings is 1. The third-order valence-electron chi connectivity index (χ3n) is 2.52. The molecule has 0 saturated carbocycles. The summed E-state index contributed by atoms with van der Waals surface area (Å²) in [6, 6.07) is 3.70. The molecule has 1 rings (SSSR count). The van der Waals surface area contributed by atoms with E-state index in [4.69, 9.17) is 4.52 Å². The maximum absolute atomic E-state index is 11.0. The zero-order valence-electron chi connectivity index (χ0n) is 12.0. The number of aromatic nitrogens is 1. The molecular weight excluding hydrogens is 277 g/mol. The van der Waals surface area contributed by atoms with Crippen LogP contribution in [0.15, 0.2) is 18.2 Å². The average molecular weight is 297 g/mol. The Morgan fingerprint density at radius 3 is 2.85 bits per heavy atom. The predicted octanol–water partition coefficient (Wildman–Crippen LogP) is 1.84. The summed E-state index contributed by atoms with van der Waals surface area (Å²) in [6.07, 6.45) is 3.76. The second-order valence-corrected chi connectivity index (χ2v) is 5.72. The van der Waals surface area contributed by atoms with Crippen LogP contribution in [0.3, 0.4) is 0 Å². The Balaban J connectivity index is 2.90. The van der Waals surface area contributed by atoms with Gasteiger partial charge in [-0.1, -0.05) is 12.2 Å². The average Bonchev–Trinajstić information content (AvgIpc) is 2.46. The Morgan fingerprint density at radius 2 is 2.25 bits per heavy atom. The normalized spacial score (nSPS) is 12.6. The molecule has 0 radical (unpaired) electrons. The van der Waals surface area contributed by atoms with E-state index in [1.165, 1.54) is 7.11 Å². The van der Waals surface area contributed by atoms with Crippen LogP contribution in [0.4, 0.5) is 0 Å². The minimum atomic E-state index is -0.792. The van der Waals surface area contributed by atoms with Crippen LogP contribution in [0.5, 0.6) is 0 Å². The molecule has 0 saturated heterocycles. The van der Waals surface area contributed by atoms with E-state index in [1.807, 2.05) is 25.7 Å². The van der Waals surface area contributed by atoms with Gasteiger partial charge in [0.2, 0.25) is 0 Å². The van der Waals surface area contributed by atoms with Crippen molar-refractivity contribution in [1.82, 2.24) is 4.98 Å². The van der Waals surface area contributed by atoms with Gasteiger partial charge in [-0.05, 0) is 31.3 Å². The number of rotatable bonds is 7. The van der Waals surface area contributed by atoms with E-state index in [2.05, 4.69) is 9.72 Å². The van der Waals surface area contributed by atoms with Gasteiger partial charge in [0.15, 0.2) is 0 Å². The van der Waals surface area contributed by atoms with Crippen LogP contribution < -0.4 is 5.44 Å². The van der Waals surface area contributed by atoms with Crippen LogP contribution >= 0.6 is 8.15 Å². The molecule has 0 aliphatic rings. The Labute approximate surface area is 120 Å². The van der Waals surface area contributed by atoms with Gasteiger partial charge in [-0.25, -0.2) is 4.98 Å². The number of hydrogen-bond donors (Lipinski definition) is 1. The summed E-state index contributed by atoms with van der Waals surface area (Å²) in [6.45, 7) is 4.41. The minimum absolute atomic E-state index is 0.124. The van der Waals surface area contributed by atoms with Gasteiger partial charge in [-0.2, -0.15) is 0 Å². The van der Waals surface area contributed by atoms with Gasteiger partial charge in [0.1, 0.15) is 0 Å². The molecule has 1 heterocycles. The maximum atomic E-state index is 11.0. The van der Waals surface area contributed by atoms with Crippen molar-refractivity contribution >= 4 is 25.6 Å². The minimum Gasteiger partial charge on any atom is -0.469 e. The lowest BCUT2D eigenvalue weighted by molar-refractivity contribution is -0.139. The fourth-order valence-corrected chi connectivity index (χ4v) is 2.69. The number of carbonyl (C=O) groups is 1. The molecule has 0 aliphatic heterocycles. The van der Waals surface area contributed by atoms with E-state index in [0.717, 1.165) is 11.0 Å². The zero-order chi connectivity index (χ0) is 15.0. The molecular formula is C14H20NO4P. The number of esters is 1. The van der Waals surface area contributed by atoms with Crippen molar-refractivity contribution in [2.75, 3.05) is 20.4 Å². The van der Waals surface area contributed by atoms with E-state index in [1.54, 1.807) is 12.1 Å². The van der Waals surface area contributed by atoms with Crippen LogP contribution in [-0.4, -0.2) is 36.4 Å². The van der Waals surface area contributed by atoms with Crippen molar-refractivity contribution in [2.24, 2.45) is 0 Å². The fraction of sp³-hybridized carbons (Fsp3) is 0.429. The number of aliphatic hydroxyl groups excluding tert-OH is 1. The summed E-state index contributed by atoms with van der Waals surface area (Å²) >= 11 is 0. The number of aliphatic hydroxyl groups is 1. The molecule has 6 heteroatoms. The summed E-state index contributed by atoms with van der Waals surface area (Å²) in [5, 5.41) is 9.26. The van der Waals surface area contributed by atoms with E-state index in [9.17, 15) is 9.90 Å². The highest BCUT2D eigenvalue weighted by Crippen LogP contribution is 2.30. The second kappa shape index (κ2) is 8.80. The molecule has 110 valence electrons. The molecule has 5 nitrogen and oxygen atoms in total. The number of nitrogens with zero attached hydrogens (tertiary/aromatic N) is 1. The van der Waals surface area contributed by atoms with Crippen LogP contribution in [0.2, 0.25) is 0 Å². The molecule has 1 unspecified atom stereocenters. The highest BCUT2D eigenvalue weighted by atomic mass is 31.1.